The Hall–Kier alpha value is -2.21. The molecule has 1 saturated heterocycles. The minimum Gasteiger partial charge on any atom is -0.348 e. The molecule has 0 bridgehead atoms. The molecule has 4 nitrogen and oxygen atoms in total. The number of amides is 2. The molecule has 0 atom stereocenters. The molecule has 1 aliphatic heterocycles. The Balaban J connectivity index is 1.49. The van der Waals surface area contributed by atoms with Crippen molar-refractivity contribution in [3.63, 3.8) is 0 Å². The highest BCUT2D eigenvalue weighted by molar-refractivity contribution is 7.12. The molecule has 3 rings (SSSR count). The summed E-state index contributed by atoms with van der Waals surface area (Å²) in [6.45, 7) is 1.17. The molecule has 0 unspecified atom stereocenters. The molecule has 1 aliphatic rings. The number of benzene rings is 1. The van der Waals surface area contributed by atoms with Crippen molar-refractivity contribution < 1.29 is 14.0 Å². The number of hydrogen-bond acceptors (Lipinski definition) is 3. The Kier molecular flexibility index (Phi) is 5.25. The number of nitrogens with zero attached hydrogens (tertiary/aromatic N) is 1. The van der Waals surface area contributed by atoms with Crippen LogP contribution < -0.4 is 5.32 Å². The summed E-state index contributed by atoms with van der Waals surface area (Å²) in [6.07, 6.45) is 1.53. The van der Waals surface area contributed by atoms with Gasteiger partial charge < -0.3 is 10.2 Å². The minimum atomic E-state index is -0.344. The van der Waals surface area contributed by atoms with Crippen LogP contribution in [0.25, 0.3) is 0 Å². The summed E-state index contributed by atoms with van der Waals surface area (Å²) in [4.78, 5) is 26.8. The highest BCUT2D eigenvalue weighted by Gasteiger charge is 2.24. The fourth-order valence-electron chi connectivity index (χ4n) is 2.85. The van der Waals surface area contributed by atoms with Crippen LogP contribution in [0.2, 0.25) is 0 Å². The van der Waals surface area contributed by atoms with Crippen molar-refractivity contribution in [2.24, 2.45) is 0 Å². The molecular formula is C18H19FN2O2S. The number of halogens is 1. The Bertz CT molecular complexity index is 710. The molecule has 24 heavy (non-hydrogen) atoms. The smallest absolute Gasteiger partial charge is 0.261 e. The average molecular weight is 346 g/mol. The molecule has 1 aromatic carbocycles. The van der Waals surface area contributed by atoms with Gasteiger partial charge in [0, 0.05) is 19.1 Å². The van der Waals surface area contributed by atoms with Crippen LogP contribution in [0.4, 0.5) is 4.39 Å². The lowest BCUT2D eigenvalue weighted by Crippen LogP contribution is -2.46. The maximum absolute atomic E-state index is 13.6. The summed E-state index contributed by atoms with van der Waals surface area (Å²) < 4.78 is 13.6. The lowest BCUT2D eigenvalue weighted by atomic mass is 10.0. The maximum Gasteiger partial charge on any atom is 0.261 e. The van der Waals surface area contributed by atoms with Crippen LogP contribution in [0.5, 0.6) is 0 Å². The second kappa shape index (κ2) is 7.57. The third-order valence-corrected chi connectivity index (χ3v) is 5.10. The molecule has 1 aromatic heterocycles. The van der Waals surface area contributed by atoms with E-state index in [-0.39, 0.29) is 30.1 Å². The number of thiophene rings is 1. The zero-order chi connectivity index (χ0) is 16.9. The average Bonchev–Trinajstić information content (AvgIpc) is 3.12. The van der Waals surface area contributed by atoms with E-state index in [0.29, 0.717) is 23.5 Å². The van der Waals surface area contributed by atoms with Crippen molar-refractivity contribution in [2.45, 2.75) is 25.3 Å². The Labute approximate surface area is 144 Å². The first-order valence-corrected chi connectivity index (χ1v) is 8.87. The Morgan fingerprint density at radius 3 is 2.58 bits per heavy atom. The van der Waals surface area contributed by atoms with Crippen molar-refractivity contribution in [3.8, 4) is 0 Å². The van der Waals surface area contributed by atoms with Crippen molar-refractivity contribution >= 4 is 23.2 Å². The predicted octanol–water partition coefficient (Wildman–Crippen LogP) is 2.85. The van der Waals surface area contributed by atoms with E-state index in [9.17, 15) is 14.0 Å². The normalized spacial score (nSPS) is 15.3. The second-order valence-electron chi connectivity index (χ2n) is 5.87. The number of rotatable bonds is 4. The van der Waals surface area contributed by atoms with Crippen molar-refractivity contribution in [3.05, 3.63) is 58.0 Å². The lowest BCUT2D eigenvalue weighted by molar-refractivity contribution is -0.131. The van der Waals surface area contributed by atoms with Gasteiger partial charge in [0.1, 0.15) is 5.82 Å². The van der Waals surface area contributed by atoms with Crippen molar-refractivity contribution in [1.82, 2.24) is 10.2 Å². The molecule has 2 aromatic rings. The quantitative estimate of drug-likeness (QED) is 0.925. The van der Waals surface area contributed by atoms with Gasteiger partial charge in [-0.1, -0.05) is 24.3 Å². The summed E-state index contributed by atoms with van der Waals surface area (Å²) in [5.41, 5.74) is 0.427. The van der Waals surface area contributed by atoms with Gasteiger partial charge in [0.05, 0.1) is 11.3 Å². The van der Waals surface area contributed by atoms with E-state index in [4.69, 9.17) is 0 Å². The maximum atomic E-state index is 13.6. The summed E-state index contributed by atoms with van der Waals surface area (Å²) >= 11 is 1.42. The number of nitrogens with one attached hydrogen (secondary N) is 1. The van der Waals surface area contributed by atoms with Gasteiger partial charge in [-0.15, -0.1) is 11.3 Å². The van der Waals surface area contributed by atoms with E-state index in [1.54, 1.807) is 29.2 Å². The first-order valence-electron chi connectivity index (χ1n) is 7.99. The lowest BCUT2D eigenvalue weighted by Gasteiger charge is -2.32. The Morgan fingerprint density at radius 2 is 1.92 bits per heavy atom. The first-order chi connectivity index (χ1) is 11.6. The molecule has 0 aliphatic carbocycles. The molecule has 6 heteroatoms. The summed E-state index contributed by atoms with van der Waals surface area (Å²) in [7, 11) is 0. The van der Waals surface area contributed by atoms with Crippen molar-refractivity contribution in [1.29, 1.82) is 0 Å². The first kappa shape index (κ1) is 16.6. The molecular weight excluding hydrogens is 327 g/mol. The molecule has 0 saturated carbocycles. The molecule has 0 spiro atoms. The topological polar surface area (TPSA) is 49.4 Å². The van der Waals surface area contributed by atoms with Crippen LogP contribution in [0.3, 0.4) is 0 Å². The molecule has 126 valence electrons. The van der Waals surface area contributed by atoms with Gasteiger partial charge in [0.15, 0.2) is 0 Å². The molecule has 2 amide bonds. The standard InChI is InChI=1S/C18H19FN2O2S/c19-15-5-2-1-4-13(15)12-17(22)21-9-7-14(8-10-21)20-18(23)16-6-3-11-24-16/h1-6,11,14H,7-10,12H2,(H,20,23). The van der Waals surface area contributed by atoms with Gasteiger partial charge in [-0.25, -0.2) is 4.39 Å². The number of piperidine rings is 1. The summed E-state index contributed by atoms with van der Waals surface area (Å²) in [5, 5.41) is 4.89. The van der Waals surface area contributed by atoms with Crippen LogP contribution in [0.15, 0.2) is 41.8 Å². The number of carbonyl (C=O) groups is 2. The highest BCUT2D eigenvalue weighted by Crippen LogP contribution is 2.15. The van der Waals surface area contributed by atoms with E-state index in [2.05, 4.69) is 5.32 Å². The third kappa shape index (κ3) is 4.00. The Morgan fingerprint density at radius 1 is 1.17 bits per heavy atom. The molecule has 2 heterocycles. The van der Waals surface area contributed by atoms with Crippen LogP contribution in [-0.2, 0) is 11.2 Å². The van der Waals surface area contributed by atoms with E-state index >= 15 is 0 Å². The van der Waals surface area contributed by atoms with Crippen LogP contribution >= 0.6 is 11.3 Å². The number of likely N-dealkylation sites (tertiary alicyclic amines) is 1. The third-order valence-electron chi connectivity index (χ3n) is 4.23. The summed E-state index contributed by atoms with van der Waals surface area (Å²) in [6, 6.07) is 10.1. The van der Waals surface area contributed by atoms with Crippen molar-refractivity contribution in [2.75, 3.05) is 13.1 Å². The van der Waals surface area contributed by atoms with Gasteiger partial charge in [-0.05, 0) is 35.9 Å². The van der Waals surface area contributed by atoms with E-state index in [1.807, 2.05) is 11.4 Å². The molecule has 0 radical (unpaired) electrons. The fourth-order valence-corrected chi connectivity index (χ4v) is 3.48. The van der Waals surface area contributed by atoms with E-state index in [1.165, 1.54) is 17.4 Å². The fraction of sp³-hybridized carbons (Fsp3) is 0.333. The van der Waals surface area contributed by atoms with Gasteiger partial charge >= 0.3 is 0 Å². The van der Waals surface area contributed by atoms with Gasteiger partial charge in [0.2, 0.25) is 5.91 Å². The largest absolute Gasteiger partial charge is 0.348 e. The number of hydrogen-bond donors (Lipinski definition) is 1. The molecule has 1 fully saturated rings. The van der Waals surface area contributed by atoms with Crippen LogP contribution in [-0.4, -0.2) is 35.8 Å². The van der Waals surface area contributed by atoms with Crippen LogP contribution in [0, 0.1) is 5.82 Å². The van der Waals surface area contributed by atoms with Gasteiger partial charge in [0.25, 0.3) is 5.91 Å². The van der Waals surface area contributed by atoms with E-state index < -0.39 is 0 Å². The highest BCUT2D eigenvalue weighted by atomic mass is 32.1. The SMILES string of the molecule is O=C(NC1CCN(C(=O)Cc2ccccc2F)CC1)c1cccs1. The van der Waals surface area contributed by atoms with E-state index in [0.717, 1.165) is 12.8 Å². The van der Waals surface area contributed by atoms with Gasteiger partial charge in [-0.3, -0.25) is 9.59 Å². The van der Waals surface area contributed by atoms with Gasteiger partial charge in [-0.2, -0.15) is 0 Å². The minimum absolute atomic E-state index is 0.0545. The predicted molar refractivity (Wildman–Crippen MR) is 91.5 cm³/mol. The second-order valence-corrected chi connectivity index (χ2v) is 6.82. The monoisotopic (exact) mass is 346 g/mol. The molecule has 1 N–H and O–H groups in total. The summed E-state index contributed by atoms with van der Waals surface area (Å²) in [5.74, 6) is -0.465. The number of carbonyl (C=O) groups excluding carboxylic acids is 2. The zero-order valence-corrected chi connectivity index (χ0v) is 14.0. The zero-order valence-electron chi connectivity index (χ0n) is 13.2. The van der Waals surface area contributed by atoms with Crippen LogP contribution in [0.1, 0.15) is 28.1 Å².